The van der Waals surface area contributed by atoms with Crippen LogP contribution in [0.3, 0.4) is 0 Å². The Morgan fingerprint density at radius 2 is 1.67 bits per heavy atom. The van der Waals surface area contributed by atoms with Gasteiger partial charge >= 0.3 is 0 Å². The lowest BCUT2D eigenvalue weighted by atomic mass is 9.96. The fourth-order valence-corrected chi connectivity index (χ4v) is 3.79. The summed E-state index contributed by atoms with van der Waals surface area (Å²) in [5.41, 5.74) is 3.50. The fraction of sp³-hybridized carbons (Fsp3) is 0.250. The maximum Gasteiger partial charge on any atom is 0.265 e. The van der Waals surface area contributed by atoms with E-state index in [-0.39, 0.29) is 17.9 Å². The van der Waals surface area contributed by atoms with Gasteiger partial charge in [-0.3, -0.25) is 9.59 Å². The number of aromatic nitrogens is 1. The number of rotatable bonds is 3. The number of benzene rings is 1. The average Bonchev–Trinajstić information content (AvgIpc) is 2.33. The molecule has 0 spiro atoms. The van der Waals surface area contributed by atoms with E-state index in [1.54, 1.807) is 12.3 Å². The molecular formula is C16H15Br2NO2. The minimum atomic E-state index is -0.214. The zero-order valence-electron chi connectivity index (χ0n) is 12.0. The average molecular weight is 413 g/mol. The first kappa shape index (κ1) is 16.2. The van der Waals surface area contributed by atoms with Gasteiger partial charge in [0, 0.05) is 16.2 Å². The third-order valence-electron chi connectivity index (χ3n) is 3.28. The van der Waals surface area contributed by atoms with Gasteiger partial charge in [-0.25, -0.2) is 0 Å². The molecule has 0 unspecified atom stereocenters. The summed E-state index contributed by atoms with van der Waals surface area (Å²) in [6, 6.07) is 5.64. The van der Waals surface area contributed by atoms with Crippen LogP contribution in [0.5, 0.6) is 0 Å². The summed E-state index contributed by atoms with van der Waals surface area (Å²) in [6.45, 7) is 5.88. The lowest BCUT2D eigenvalue weighted by Crippen LogP contribution is -2.25. The van der Waals surface area contributed by atoms with Gasteiger partial charge in [0.15, 0.2) is 5.78 Å². The zero-order valence-corrected chi connectivity index (χ0v) is 15.2. The number of Topliss-reactive ketones (excluding diaryl/α,β-unsaturated/α-hetero) is 1. The third-order valence-corrected chi connectivity index (χ3v) is 4.28. The highest BCUT2D eigenvalue weighted by Gasteiger charge is 2.15. The van der Waals surface area contributed by atoms with E-state index in [2.05, 4.69) is 31.9 Å². The second-order valence-corrected chi connectivity index (χ2v) is 6.91. The highest BCUT2D eigenvalue weighted by molar-refractivity contribution is 9.11. The van der Waals surface area contributed by atoms with Crippen molar-refractivity contribution in [1.82, 2.24) is 4.57 Å². The Hall–Kier alpha value is -1.20. The van der Waals surface area contributed by atoms with Gasteiger partial charge in [-0.05, 0) is 69.8 Å². The van der Waals surface area contributed by atoms with Crippen molar-refractivity contribution in [3.05, 3.63) is 65.9 Å². The summed E-state index contributed by atoms with van der Waals surface area (Å²) < 4.78 is 2.59. The topological polar surface area (TPSA) is 39.1 Å². The molecule has 0 bridgehead atoms. The van der Waals surface area contributed by atoms with Crippen LogP contribution in [0.15, 0.2) is 38.1 Å². The second kappa shape index (κ2) is 6.28. The standard InChI is InChI=1S/C16H15Br2NO2/c1-9-4-10(2)15(11(3)5-9)14(20)8-19-7-12(17)6-13(18)16(19)21/h4-7H,8H2,1-3H3. The van der Waals surface area contributed by atoms with Gasteiger partial charge < -0.3 is 4.57 Å². The molecule has 2 aromatic rings. The molecular weight excluding hydrogens is 398 g/mol. The predicted molar refractivity (Wildman–Crippen MR) is 91.1 cm³/mol. The highest BCUT2D eigenvalue weighted by atomic mass is 79.9. The maximum absolute atomic E-state index is 12.6. The van der Waals surface area contributed by atoms with Crippen molar-refractivity contribution in [3.63, 3.8) is 0 Å². The number of hydrogen-bond donors (Lipinski definition) is 0. The first-order chi connectivity index (χ1) is 9.79. The molecule has 0 saturated heterocycles. The lowest BCUT2D eigenvalue weighted by Gasteiger charge is -2.12. The van der Waals surface area contributed by atoms with Crippen LogP contribution in [-0.2, 0) is 6.54 Å². The van der Waals surface area contributed by atoms with Crippen LogP contribution in [0.1, 0.15) is 27.0 Å². The highest BCUT2D eigenvalue weighted by Crippen LogP contribution is 2.18. The molecule has 5 heteroatoms. The van der Waals surface area contributed by atoms with Gasteiger partial charge in [0.1, 0.15) is 0 Å². The van der Waals surface area contributed by atoms with Crippen molar-refractivity contribution in [2.45, 2.75) is 27.3 Å². The molecule has 0 N–H and O–H groups in total. The van der Waals surface area contributed by atoms with E-state index in [9.17, 15) is 9.59 Å². The van der Waals surface area contributed by atoms with Crippen molar-refractivity contribution in [1.29, 1.82) is 0 Å². The molecule has 1 heterocycles. The molecule has 1 aromatic heterocycles. The molecule has 110 valence electrons. The largest absolute Gasteiger partial charge is 0.306 e. The van der Waals surface area contributed by atoms with E-state index in [0.717, 1.165) is 21.2 Å². The first-order valence-corrected chi connectivity index (χ1v) is 8.04. The molecule has 2 rings (SSSR count). The van der Waals surface area contributed by atoms with Crippen LogP contribution in [0, 0.1) is 20.8 Å². The lowest BCUT2D eigenvalue weighted by molar-refractivity contribution is 0.0969. The molecule has 0 amide bonds. The van der Waals surface area contributed by atoms with Gasteiger partial charge in [-0.2, -0.15) is 0 Å². The van der Waals surface area contributed by atoms with E-state index < -0.39 is 0 Å². The van der Waals surface area contributed by atoms with Crippen LogP contribution in [0.4, 0.5) is 0 Å². The smallest absolute Gasteiger partial charge is 0.265 e. The minimum Gasteiger partial charge on any atom is -0.306 e. The molecule has 3 nitrogen and oxygen atoms in total. The maximum atomic E-state index is 12.6. The van der Waals surface area contributed by atoms with E-state index in [1.165, 1.54) is 4.57 Å². The summed E-state index contributed by atoms with van der Waals surface area (Å²) in [7, 11) is 0. The molecule has 21 heavy (non-hydrogen) atoms. The van der Waals surface area contributed by atoms with E-state index in [0.29, 0.717) is 10.0 Å². The molecule has 0 radical (unpaired) electrons. The number of nitrogens with zero attached hydrogens (tertiary/aromatic N) is 1. The quantitative estimate of drug-likeness (QED) is 0.709. The summed E-state index contributed by atoms with van der Waals surface area (Å²) in [6.07, 6.45) is 1.63. The molecule has 0 saturated carbocycles. The summed E-state index contributed by atoms with van der Waals surface area (Å²) in [5, 5.41) is 0. The first-order valence-electron chi connectivity index (χ1n) is 6.46. The van der Waals surface area contributed by atoms with Crippen LogP contribution < -0.4 is 5.56 Å². The van der Waals surface area contributed by atoms with Crippen molar-refractivity contribution in [2.24, 2.45) is 0 Å². The van der Waals surface area contributed by atoms with Gasteiger partial charge in [0.05, 0.1) is 11.0 Å². The zero-order chi connectivity index (χ0) is 15.7. The normalized spacial score (nSPS) is 10.7. The van der Waals surface area contributed by atoms with Crippen LogP contribution >= 0.6 is 31.9 Å². The number of halogens is 2. The number of ketones is 1. The van der Waals surface area contributed by atoms with E-state index in [4.69, 9.17) is 0 Å². The van der Waals surface area contributed by atoms with Gasteiger partial charge in [-0.1, -0.05) is 17.7 Å². The van der Waals surface area contributed by atoms with E-state index in [1.807, 2.05) is 32.9 Å². The monoisotopic (exact) mass is 411 g/mol. The molecule has 1 aromatic carbocycles. The number of aryl methyl sites for hydroxylation is 3. The fourth-order valence-electron chi connectivity index (χ4n) is 2.54. The SMILES string of the molecule is Cc1cc(C)c(C(=O)Cn2cc(Br)cc(Br)c2=O)c(C)c1. The van der Waals surface area contributed by atoms with Crippen LogP contribution in [0.25, 0.3) is 0 Å². The molecule has 0 aliphatic rings. The second-order valence-electron chi connectivity index (χ2n) is 5.14. The Kier molecular flexibility index (Phi) is 4.84. The van der Waals surface area contributed by atoms with Crippen LogP contribution in [-0.4, -0.2) is 10.4 Å². The molecule has 0 aliphatic carbocycles. The number of carbonyl (C=O) groups is 1. The summed E-state index contributed by atoms with van der Waals surface area (Å²) >= 11 is 6.54. The third kappa shape index (κ3) is 3.52. The molecule has 0 fully saturated rings. The number of pyridine rings is 1. The Morgan fingerprint density at radius 3 is 2.24 bits per heavy atom. The number of hydrogen-bond acceptors (Lipinski definition) is 2. The Balaban J connectivity index is 2.42. The molecule has 0 aliphatic heterocycles. The Morgan fingerprint density at radius 1 is 1.10 bits per heavy atom. The van der Waals surface area contributed by atoms with Crippen molar-refractivity contribution >= 4 is 37.6 Å². The van der Waals surface area contributed by atoms with Gasteiger partial charge in [0.2, 0.25) is 0 Å². The van der Waals surface area contributed by atoms with Crippen molar-refractivity contribution in [3.8, 4) is 0 Å². The summed E-state index contributed by atoms with van der Waals surface area (Å²) in [4.78, 5) is 24.6. The number of carbonyl (C=O) groups excluding carboxylic acids is 1. The van der Waals surface area contributed by atoms with Gasteiger partial charge in [-0.15, -0.1) is 0 Å². The molecule has 0 atom stereocenters. The predicted octanol–water partition coefficient (Wildman–Crippen LogP) is 4.18. The van der Waals surface area contributed by atoms with Crippen LogP contribution in [0.2, 0.25) is 0 Å². The Bertz CT molecular complexity index is 755. The minimum absolute atomic E-state index is 0.0294. The van der Waals surface area contributed by atoms with Crippen molar-refractivity contribution in [2.75, 3.05) is 0 Å². The van der Waals surface area contributed by atoms with Crippen molar-refractivity contribution < 1.29 is 4.79 Å². The summed E-state index contributed by atoms with van der Waals surface area (Å²) in [5.74, 6) is -0.0582. The Labute approximate surface area is 140 Å². The van der Waals surface area contributed by atoms with Gasteiger partial charge in [0.25, 0.3) is 5.56 Å². The van der Waals surface area contributed by atoms with E-state index >= 15 is 0 Å².